The van der Waals surface area contributed by atoms with Crippen molar-refractivity contribution in [1.29, 1.82) is 0 Å². The maximum Gasteiger partial charge on any atom is 0.164 e. The Morgan fingerprint density at radius 2 is 1.81 bits per heavy atom. The summed E-state index contributed by atoms with van der Waals surface area (Å²) in [6, 6.07) is 3.66. The molecule has 0 aliphatic heterocycles. The Hall–Kier alpha value is -1.51. The molecule has 1 aromatic carbocycles. The quantitative estimate of drug-likeness (QED) is 0.719. The maximum absolute atomic E-state index is 11.9. The van der Waals surface area contributed by atoms with E-state index in [1.54, 1.807) is 20.3 Å². The Balaban J connectivity index is 2.57. The molecule has 1 aliphatic carbocycles. The van der Waals surface area contributed by atoms with E-state index in [0.29, 0.717) is 12.2 Å². The lowest BCUT2D eigenvalue weighted by Gasteiger charge is -2.14. The van der Waals surface area contributed by atoms with Gasteiger partial charge in [0, 0.05) is 17.5 Å². The molecule has 0 saturated carbocycles. The summed E-state index contributed by atoms with van der Waals surface area (Å²) in [6.07, 6.45) is 3.52. The molecule has 0 atom stereocenters. The SMILES string of the molecule is COc1ccc2c(c1OC)CCCCC2=O. The fourth-order valence-corrected chi connectivity index (χ4v) is 2.22. The minimum Gasteiger partial charge on any atom is -0.493 e. The molecule has 1 aliphatic rings. The van der Waals surface area contributed by atoms with Gasteiger partial charge in [0.15, 0.2) is 17.3 Å². The van der Waals surface area contributed by atoms with Crippen LogP contribution in [0, 0.1) is 0 Å². The third-order valence-corrected chi connectivity index (χ3v) is 3.03. The number of carbonyl (C=O) groups excluding carboxylic acids is 1. The molecule has 0 fully saturated rings. The molecule has 86 valence electrons. The fourth-order valence-electron chi connectivity index (χ4n) is 2.22. The van der Waals surface area contributed by atoms with Gasteiger partial charge in [0.1, 0.15) is 0 Å². The Morgan fingerprint density at radius 1 is 1.06 bits per heavy atom. The van der Waals surface area contributed by atoms with Gasteiger partial charge >= 0.3 is 0 Å². The van der Waals surface area contributed by atoms with E-state index in [1.165, 1.54) is 0 Å². The van der Waals surface area contributed by atoms with Crippen LogP contribution in [0.25, 0.3) is 0 Å². The standard InChI is InChI=1S/C13H16O3/c1-15-12-8-7-9-10(13(12)16-2)5-3-4-6-11(9)14/h7-8H,3-6H2,1-2H3. The van der Waals surface area contributed by atoms with Crippen molar-refractivity contribution < 1.29 is 14.3 Å². The Morgan fingerprint density at radius 3 is 2.50 bits per heavy atom. The first kappa shape index (κ1) is 11.0. The Kier molecular flexibility index (Phi) is 3.13. The van der Waals surface area contributed by atoms with E-state index in [9.17, 15) is 4.79 Å². The molecule has 1 aromatic rings. The summed E-state index contributed by atoms with van der Waals surface area (Å²) in [6.45, 7) is 0. The van der Waals surface area contributed by atoms with Crippen LogP contribution >= 0.6 is 0 Å². The highest BCUT2D eigenvalue weighted by molar-refractivity contribution is 5.98. The largest absolute Gasteiger partial charge is 0.493 e. The van der Waals surface area contributed by atoms with E-state index >= 15 is 0 Å². The maximum atomic E-state index is 11.9. The molecule has 0 unspecified atom stereocenters. The predicted molar refractivity (Wildman–Crippen MR) is 61.4 cm³/mol. The summed E-state index contributed by atoms with van der Waals surface area (Å²) >= 11 is 0. The van der Waals surface area contributed by atoms with Gasteiger partial charge in [-0.15, -0.1) is 0 Å². The third kappa shape index (κ3) is 1.77. The smallest absolute Gasteiger partial charge is 0.164 e. The summed E-state index contributed by atoms with van der Waals surface area (Å²) in [5, 5.41) is 0. The molecule has 0 heterocycles. The monoisotopic (exact) mass is 220 g/mol. The normalized spacial score (nSPS) is 15.2. The zero-order valence-electron chi connectivity index (χ0n) is 9.71. The van der Waals surface area contributed by atoms with Crippen molar-refractivity contribution in [3.63, 3.8) is 0 Å². The number of rotatable bonds is 2. The zero-order valence-corrected chi connectivity index (χ0v) is 9.71. The lowest BCUT2D eigenvalue weighted by atomic mass is 10.0. The second-order valence-electron chi connectivity index (χ2n) is 3.96. The molecule has 3 heteroatoms. The number of benzene rings is 1. The fraction of sp³-hybridized carbons (Fsp3) is 0.462. The lowest BCUT2D eigenvalue weighted by molar-refractivity contribution is 0.0981. The van der Waals surface area contributed by atoms with E-state index in [0.717, 1.165) is 36.1 Å². The van der Waals surface area contributed by atoms with Gasteiger partial charge in [-0.1, -0.05) is 0 Å². The average Bonchev–Trinajstić information content (AvgIpc) is 2.50. The number of hydrogen-bond acceptors (Lipinski definition) is 3. The van der Waals surface area contributed by atoms with Crippen molar-refractivity contribution in [2.24, 2.45) is 0 Å². The van der Waals surface area contributed by atoms with Crippen LogP contribution in [0.3, 0.4) is 0 Å². The van der Waals surface area contributed by atoms with Crippen LogP contribution in [0.4, 0.5) is 0 Å². The molecule has 16 heavy (non-hydrogen) atoms. The summed E-state index contributed by atoms with van der Waals surface area (Å²) in [4.78, 5) is 11.9. The highest BCUT2D eigenvalue weighted by Crippen LogP contribution is 2.36. The van der Waals surface area contributed by atoms with Gasteiger partial charge in [0.25, 0.3) is 0 Å². The van der Waals surface area contributed by atoms with Crippen molar-refractivity contribution >= 4 is 5.78 Å². The zero-order chi connectivity index (χ0) is 11.5. The molecule has 0 amide bonds. The molecule has 0 saturated heterocycles. The van der Waals surface area contributed by atoms with Crippen LogP contribution in [-0.2, 0) is 6.42 Å². The first-order valence-corrected chi connectivity index (χ1v) is 5.55. The molecular formula is C13H16O3. The third-order valence-electron chi connectivity index (χ3n) is 3.03. The molecule has 3 nitrogen and oxygen atoms in total. The molecule has 0 N–H and O–H groups in total. The van der Waals surface area contributed by atoms with Crippen LogP contribution in [0.1, 0.15) is 35.2 Å². The van der Waals surface area contributed by atoms with Crippen LogP contribution in [0.5, 0.6) is 11.5 Å². The summed E-state index contributed by atoms with van der Waals surface area (Å²) < 4.78 is 10.6. The summed E-state index contributed by atoms with van der Waals surface area (Å²) in [7, 11) is 3.23. The summed E-state index contributed by atoms with van der Waals surface area (Å²) in [5.74, 6) is 1.64. The number of ether oxygens (including phenoxy) is 2. The van der Waals surface area contributed by atoms with Gasteiger partial charge in [-0.3, -0.25) is 4.79 Å². The predicted octanol–water partition coefficient (Wildman–Crippen LogP) is 2.61. The highest BCUT2D eigenvalue weighted by atomic mass is 16.5. The van der Waals surface area contributed by atoms with Gasteiger partial charge < -0.3 is 9.47 Å². The van der Waals surface area contributed by atoms with Gasteiger partial charge in [0.2, 0.25) is 0 Å². The van der Waals surface area contributed by atoms with Gasteiger partial charge in [-0.2, -0.15) is 0 Å². The first-order chi connectivity index (χ1) is 7.77. The van der Waals surface area contributed by atoms with E-state index in [4.69, 9.17) is 9.47 Å². The topological polar surface area (TPSA) is 35.5 Å². The number of methoxy groups -OCH3 is 2. The molecule has 0 bridgehead atoms. The van der Waals surface area contributed by atoms with E-state index in [2.05, 4.69) is 0 Å². The van der Waals surface area contributed by atoms with Gasteiger partial charge in [-0.05, 0) is 31.4 Å². The number of Topliss-reactive ketones (excluding diaryl/α,β-unsaturated/α-hetero) is 1. The van der Waals surface area contributed by atoms with Gasteiger partial charge in [0.05, 0.1) is 14.2 Å². The first-order valence-electron chi connectivity index (χ1n) is 5.55. The van der Waals surface area contributed by atoms with Crippen molar-refractivity contribution in [1.82, 2.24) is 0 Å². The van der Waals surface area contributed by atoms with Crippen LogP contribution in [-0.4, -0.2) is 20.0 Å². The molecule has 0 spiro atoms. The highest BCUT2D eigenvalue weighted by Gasteiger charge is 2.21. The second-order valence-corrected chi connectivity index (χ2v) is 3.96. The Labute approximate surface area is 95.4 Å². The molecule has 0 aromatic heterocycles. The minimum atomic E-state index is 0.216. The van der Waals surface area contributed by atoms with Crippen LogP contribution in [0.2, 0.25) is 0 Å². The number of ketones is 1. The molecule has 0 radical (unpaired) electrons. The average molecular weight is 220 g/mol. The van der Waals surface area contributed by atoms with E-state index in [1.807, 2.05) is 6.07 Å². The second kappa shape index (κ2) is 4.56. The minimum absolute atomic E-state index is 0.216. The van der Waals surface area contributed by atoms with Crippen molar-refractivity contribution in [2.75, 3.05) is 14.2 Å². The van der Waals surface area contributed by atoms with Gasteiger partial charge in [-0.25, -0.2) is 0 Å². The number of hydrogen-bond donors (Lipinski definition) is 0. The lowest BCUT2D eigenvalue weighted by Crippen LogP contribution is -2.03. The Bertz CT molecular complexity index is 410. The van der Waals surface area contributed by atoms with Crippen molar-refractivity contribution in [2.45, 2.75) is 25.7 Å². The summed E-state index contributed by atoms with van der Waals surface area (Å²) in [5.41, 5.74) is 1.81. The van der Waals surface area contributed by atoms with Crippen molar-refractivity contribution in [3.05, 3.63) is 23.3 Å². The molecule has 2 rings (SSSR count). The van der Waals surface area contributed by atoms with E-state index < -0.39 is 0 Å². The van der Waals surface area contributed by atoms with Crippen molar-refractivity contribution in [3.8, 4) is 11.5 Å². The van der Waals surface area contributed by atoms with Crippen LogP contribution in [0.15, 0.2) is 12.1 Å². The molecular weight excluding hydrogens is 204 g/mol. The van der Waals surface area contributed by atoms with E-state index in [-0.39, 0.29) is 5.78 Å². The number of fused-ring (bicyclic) bond motifs is 1. The number of carbonyl (C=O) groups is 1. The van der Waals surface area contributed by atoms with Crippen LogP contribution < -0.4 is 9.47 Å².